The molecule has 24 heteroatoms. The Balaban J connectivity index is 0.000000186. The second-order valence-corrected chi connectivity index (χ2v) is 19.1. The third kappa shape index (κ3) is 13.8. The number of alkyl halides is 2. The lowest BCUT2D eigenvalue weighted by molar-refractivity contribution is -0.151. The van der Waals surface area contributed by atoms with Gasteiger partial charge in [-0.2, -0.15) is 0 Å². The van der Waals surface area contributed by atoms with Crippen molar-refractivity contribution in [3.05, 3.63) is 86.2 Å². The van der Waals surface area contributed by atoms with Crippen molar-refractivity contribution in [3.63, 3.8) is 0 Å². The van der Waals surface area contributed by atoms with Crippen LogP contribution in [0.15, 0.2) is 86.2 Å². The van der Waals surface area contributed by atoms with Crippen molar-refractivity contribution < 1.29 is 47.4 Å². The number of fused-ring (bicyclic) bond motifs is 4. The van der Waals surface area contributed by atoms with Crippen LogP contribution in [0.4, 0.5) is 8.78 Å². The summed E-state index contributed by atoms with van der Waals surface area (Å²) >= 11 is 0. The summed E-state index contributed by atoms with van der Waals surface area (Å²) in [6, 6.07) is 10.7. The van der Waals surface area contributed by atoms with Gasteiger partial charge in [-0.15, -0.1) is 22.6 Å². The first-order valence-corrected chi connectivity index (χ1v) is 24.1. The summed E-state index contributed by atoms with van der Waals surface area (Å²) < 4.78 is 60.8. The molecule has 10 rings (SSSR count). The van der Waals surface area contributed by atoms with Crippen LogP contribution in [0.1, 0.15) is 79.1 Å². The van der Waals surface area contributed by atoms with Crippen molar-refractivity contribution in [2.24, 2.45) is 0 Å². The van der Waals surface area contributed by atoms with Gasteiger partial charge in [0.2, 0.25) is 0 Å². The summed E-state index contributed by atoms with van der Waals surface area (Å²) in [4.78, 5) is 28.7. The second kappa shape index (κ2) is 24.6. The predicted molar refractivity (Wildman–Crippen MR) is 267 cm³/mol. The Kier molecular flexibility index (Phi) is 18.3. The first-order chi connectivity index (χ1) is 34.6. The molecule has 8 atom stereocenters. The number of aromatic hydroxyl groups is 1. The molecule has 4 saturated heterocycles. The number of phenols is 1. The molecule has 2 aromatic carbocycles. The highest BCUT2D eigenvalue weighted by atomic mass is 35.5. The fourth-order valence-electron chi connectivity index (χ4n) is 9.74. The average molecular weight is 1030 g/mol. The molecular formula is C49H62BClF2N12O8. The number of halogens is 3. The van der Waals surface area contributed by atoms with E-state index in [1.54, 1.807) is 61.9 Å². The highest BCUT2D eigenvalue weighted by Gasteiger charge is 2.49. The smallest absolute Gasteiger partial charge is 0.376 e. The summed E-state index contributed by atoms with van der Waals surface area (Å²) in [5, 5.41) is 40.3. The average Bonchev–Trinajstić information content (AvgIpc) is 4.11. The van der Waals surface area contributed by atoms with Gasteiger partial charge >= 0.3 is 25.0 Å². The molecule has 0 aliphatic carbocycles. The maximum absolute atomic E-state index is 15.3. The zero-order chi connectivity index (χ0) is 50.9. The van der Waals surface area contributed by atoms with Crippen molar-refractivity contribution in [1.82, 2.24) is 59.6 Å². The van der Waals surface area contributed by atoms with Crippen LogP contribution in [0, 0.1) is 0 Å². The quantitative estimate of drug-likeness (QED) is 0.0655. The molecule has 2 unspecified atom stereocenters. The lowest BCUT2D eigenvalue weighted by Gasteiger charge is -2.50. The summed E-state index contributed by atoms with van der Waals surface area (Å²) in [5.41, 5.74) is 3.38. The Labute approximate surface area is 428 Å². The van der Waals surface area contributed by atoms with Gasteiger partial charge in [-0.3, -0.25) is 4.79 Å². The number of methoxy groups -OCH3 is 1. The van der Waals surface area contributed by atoms with Gasteiger partial charge in [-0.25, -0.2) is 28.7 Å². The summed E-state index contributed by atoms with van der Waals surface area (Å²) in [6.07, 6.45) is 16.3. The molecule has 4 fully saturated rings. The molecule has 20 nitrogen and oxygen atoms in total. The molecule has 3 N–H and O–H groups in total. The molecule has 4 bridgehead atoms. The molecule has 4 aromatic heterocycles. The predicted octanol–water partition coefficient (Wildman–Crippen LogP) is 6.73. The van der Waals surface area contributed by atoms with E-state index in [2.05, 4.69) is 45.6 Å². The third-order valence-electron chi connectivity index (χ3n) is 12.8. The monoisotopic (exact) mass is 1030 g/mol. The van der Waals surface area contributed by atoms with Gasteiger partial charge in [0, 0.05) is 99.1 Å². The van der Waals surface area contributed by atoms with Gasteiger partial charge < -0.3 is 53.1 Å². The molecule has 4 aliphatic rings. The fourth-order valence-corrected chi connectivity index (χ4v) is 9.74. The minimum absolute atomic E-state index is 0. The Hall–Kier alpha value is -6.40. The standard InChI is InChI=1S/C23H28BFN6O4.C20H21FN6O2.C6H12O2.ClH/c1-24(32)31-16-4-3-5-19(31)22(25)21(11-16)35-23-27-12-18(28-29-23)17-7-6-15(30-9-8-26-13-30)10-20(17)34-14-33-2;21-19-15-3-1-2-12(24-15)8-18(19)29-20-23-10-16(25-26-20)14-5-4-13(9-17(14)28)27-7-6-22-11-27;1-5(7)8-6(2,3)4;/h6-10,12-13,16,19,21-22,32H,3-5,11,14H2,1-2H3;4-7,9-12,15,18-19,24,28H,1-3,8H2;1-4H3;1H/t16-,19?,21-,22+;12-,15?,18-,19+;;/m00../s1. The fraction of sp³-hybridized carbons (Fsp3) is 0.490. The lowest BCUT2D eigenvalue weighted by Crippen LogP contribution is -2.64. The van der Waals surface area contributed by atoms with Crippen LogP contribution < -0.4 is 19.5 Å². The van der Waals surface area contributed by atoms with E-state index in [-0.39, 0.29) is 72.7 Å². The molecule has 73 heavy (non-hydrogen) atoms. The van der Waals surface area contributed by atoms with Crippen molar-refractivity contribution in [3.8, 4) is 57.4 Å². The van der Waals surface area contributed by atoms with E-state index in [1.807, 2.05) is 60.6 Å². The minimum atomic E-state index is -1.24. The van der Waals surface area contributed by atoms with Crippen LogP contribution in [0.5, 0.6) is 23.5 Å². The van der Waals surface area contributed by atoms with Gasteiger partial charge in [0.25, 0.3) is 0 Å². The van der Waals surface area contributed by atoms with Crippen molar-refractivity contribution >= 4 is 25.4 Å². The molecule has 6 aromatic rings. The number of aromatic nitrogens is 10. The molecule has 0 saturated carbocycles. The maximum Gasteiger partial charge on any atom is 0.376 e. The van der Waals surface area contributed by atoms with E-state index in [9.17, 15) is 19.3 Å². The summed E-state index contributed by atoms with van der Waals surface area (Å²) in [6.45, 7) is 8.69. The number of carbonyl (C=O) groups is 1. The van der Waals surface area contributed by atoms with Crippen molar-refractivity contribution in [2.75, 3.05) is 13.9 Å². The number of ether oxygens (including phenoxy) is 5. The van der Waals surface area contributed by atoms with E-state index >= 15 is 4.39 Å². The van der Waals surface area contributed by atoms with Crippen LogP contribution in [-0.2, 0) is 14.3 Å². The van der Waals surface area contributed by atoms with Gasteiger partial charge in [0.1, 0.15) is 40.7 Å². The second-order valence-electron chi connectivity index (χ2n) is 19.1. The number of hydrogen-bond donors (Lipinski definition) is 3. The molecule has 0 radical (unpaired) electrons. The van der Waals surface area contributed by atoms with Gasteiger partial charge in [-0.05, 0) is 77.5 Å². The molecule has 4 aliphatic heterocycles. The number of phenolic OH excluding ortho intramolecular Hbond substituents is 1. The van der Waals surface area contributed by atoms with Crippen molar-refractivity contribution in [2.45, 2.75) is 140 Å². The first-order valence-electron chi connectivity index (χ1n) is 24.1. The number of rotatable bonds is 12. The lowest BCUT2D eigenvalue weighted by atomic mass is 9.71. The Morgan fingerprint density at radius 3 is 1.96 bits per heavy atom. The van der Waals surface area contributed by atoms with Crippen LogP contribution >= 0.6 is 12.4 Å². The minimum Gasteiger partial charge on any atom is -0.507 e. The van der Waals surface area contributed by atoms with E-state index in [0.717, 1.165) is 43.5 Å². The molecular weight excluding hydrogens is 969 g/mol. The number of nitrogens with one attached hydrogen (secondary N) is 1. The van der Waals surface area contributed by atoms with Crippen LogP contribution in [-0.4, -0.2) is 146 Å². The number of nitrogens with zero attached hydrogens (tertiary/aromatic N) is 11. The van der Waals surface area contributed by atoms with E-state index in [0.29, 0.717) is 47.5 Å². The first kappa shape index (κ1) is 54.4. The maximum atomic E-state index is 15.3. The van der Waals surface area contributed by atoms with Gasteiger partial charge in [-0.1, -0.05) is 23.0 Å². The summed E-state index contributed by atoms with van der Waals surface area (Å²) in [5.74, 6) is 0.374. The highest BCUT2D eigenvalue weighted by molar-refractivity contribution is 6.45. The van der Waals surface area contributed by atoms with E-state index in [4.69, 9.17) is 23.7 Å². The number of hydrogen-bond acceptors (Lipinski definition) is 18. The number of esters is 1. The number of carbonyl (C=O) groups excluding carboxylic acids is 1. The summed E-state index contributed by atoms with van der Waals surface area (Å²) in [7, 11) is 0.863. The molecule has 0 spiro atoms. The number of piperidine rings is 4. The highest BCUT2D eigenvalue weighted by Crippen LogP contribution is 2.38. The van der Waals surface area contributed by atoms with Crippen LogP contribution in [0.2, 0.25) is 6.82 Å². The zero-order valence-electron chi connectivity index (χ0n) is 41.6. The van der Waals surface area contributed by atoms with Crippen LogP contribution in [0.3, 0.4) is 0 Å². The number of imidazole rings is 2. The molecule has 0 amide bonds. The Morgan fingerprint density at radius 1 is 0.822 bits per heavy atom. The zero-order valence-corrected chi connectivity index (χ0v) is 42.4. The molecule has 8 heterocycles. The Bertz CT molecular complexity index is 2680. The SMILES string of the molecule is CC(=O)OC(C)(C)C.COCOc1cc(-n2ccnc2)ccc1-c1cnc(O[C@H]2C[C@@H]3CCCC([C@H]2F)N3B(C)O)nn1.Cl.Oc1cc(-n2ccnc2)ccc1-c1cnc(O[C@H]2C[C@@H]3CCCC(N3)[C@H]2F)nn1. The Morgan fingerprint density at radius 2 is 1.42 bits per heavy atom. The van der Waals surface area contributed by atoms with Gasteiger partial charge in [0.05, 0.1) is 36.4 Å². The largest absolute Gasteiger partial charge is 0.507 e. The van der Waals surface area contributed by atoms with E-state index in [1.165, 1.54) is 19.3 Å². The van der Waals surface area contributed by atoms with Gasteiger partial charge in [0.15, 0.2) is 19.1 Å². The number of benzene rings is 2. The third-order valence-corrected chi connectivity index (χ3v) is 12.8. The van der Waals surface area contributed by atoms with E-state index < -0.39 is 31.6 Å². The topological polar surface area (TPSA) is 232 Å². The normalized spacial score (nSPS) is 23.2. The van der Waals surface area contributed by atoms with Crippen molar-refractivity contribution in [1.29, 1.82) is 0 Å². The molecule has 390 valence electrons. The van der Waals surface area contributed by atoms with Crippen LogP contribution in [0.25, 0.3) is 33.9 Å².